The summed E-state index contributed by atoms with van der Waals surface area (Å²) in [6, 6.07) is 9.33. The molecule has 2 aromatic rings. The lowest BCUT2D eigenvalue weighted by Crippen LogP contribution is -2.47. The number of fused-ring (bicyclic) bond motifs is 2. The third-order valence-corrected chi connectivity index (χ3v) is 6.37. The van der Waals surface area contributed by atoms with Gasteiger partial charge >= 0.3 is 0 Å². The molecule has 7 heteroatoms. The zero-order valence-corrected chi connectivity index (χ0v) is 16.1. The molecule has 2 heterocycles. The molecule has 1 aromatic carbocycles. The van der Waals surface area contributed by atoms with Gasteiger partial charge in [-0.05, 0) is 42.3 Å². The number of rotatable bonds is 5. The van der Waals surface area contributed by atoms with Gasteiger partial charge in [0.15, 0.2) is 11.5 Å². The molecular formula is C20H22N2O4S. The van der Waals surface area contributed by atoms with Crippen molar-refractivity contribution >= 4 is 23.2 Å². The molecule has 2 aliphatic rings. The number of piperidine rings is 1. The van der Waals surface area contributed by atoms with Gasteiger partial charge in [0.05, 0.1) is 24.7 Å². The Morgan fingerprint density at radius 3 is 2.63 bits per heavy atom. The maximum absolute atomic E-state index is 13.1. The monoisotopic (exact) mass is 386 g/mol. The highest BCUT2D eigenvalue weighted by Gasteiger charge is 2.47. The van der Waals surface area contributed by atoms with Gasteiger partial charge in [-0.1, -0.05) is 12.1 Å². The average molecular weight is 386 g/mol. The van der Waals surface area contributed by atoms with Gasteiger partial charge in [0.1, 0.15) is 0 Å². The van der Waals surface area contributed by atoms with Gasteiger partial charge in [-0.25, -0.2) is 0 Å². The number of hydrogen-bond acceptors (Lipinski definition) is 5. The molecule has 2 bridgehead atoms. The number of ether oxygens (including phenoxy) is 2. The van der Waals surface area contributed by atoms with Crippen molar-refractivity contribution in [1.29, 1.82) is 0 Å². The van der Waals surface area contributed by atoms with Crippen LogP contribution in [0, 0.1) is 5.92 Å². The van der Waals surface area contributed by atoms with Crippen molar-refractivity contribution < 1.29 is 19.1 Å². The number of benzene rings is 1. The van der Waals surface area contributed by atoms with Gasteiger partial charge in [0.25, 0.3) is 11.8 Å². The summed E-state index contributed by atoms with van der Waals surface area (Å²) in [6.45, 7) is 0.652. The van der Waals surface area contributed by atoms with E-state index in [1.165, 1.54) is 11.3 Å². The van der Waals surface area contributed by atoms with E-state index in [0.29, 0.717) is 29.5 Å². The van der Waals surface area contributed by atoms with Crippen LogP contribution < -0.4 is 14.8 Å². The summed E-state index contributed by atoms with van der Waals surface area (Å²) >= 11 is 1.44. The second kappa shape index (κ2) is 7.23. The summed E-state index contributed by atoms with van der Waals surface area (Å²) < 4.78 is 10.7. The smallest absolute Gasteiger partial charge is 0.261 e. The molecule has 0 spiro atoms. The van der Waals surface area contributed by atoms with Crippen LogP contribution >= 0.6 is 11.3 Å². The predicted octanol–water partition coefficient (Wildman–Crippen LogP) is 2.80. The van der Waals surface area contributed by atoms with Crippen LogP contribution in [0.5, 0.6) is 11.5 Å². The van der Waals surface area contributed by atoms with Gasteiger partial charge in [-0.2, -0.15) is 0 Å². The lowest BCUT2D eigenvalue weighted by atomic mass is 10.0. The highest BCUT2D eigenvalue weighted by atomic mass is 32.1. The van der Waals surface area contributed by atoms with E-state index in [-0.39, 0.29) is 23.9 Å². The minimum Gasteiger partial charge on any atom is -0.493 e. The molecule has 1 aliphatic heterocycles. The molecule has 6 nitrogen and oxygen atoms in total. The predicted molar refractivity (Wildman–Crippen MR) is 103 cm³/mol. The van der Waals surface area contributed by atoms with Crippen LogP contribution in [0.1, 0.15) is 32.9 Å². The first-order valence-corrected chi connectivity index (χ1v) is 9.86. The molecule has 142 valence electrons. The first kappa shape index (κ1) is 17.9. The lowest BCUT2D eigenvalue weighted by Gasteiger charge is -2.32. The summed E-state index contributed by atoms with van der Waals surface area (Å²) in [5.74, 6) is 1.25. The highest BCUT2D eigenvalue weighted by Crippen LogP contribution is 2.40. The van der Waals surface area contributed by atoms with E-state index in [2.05, 4.69) is 5.32 Å². The molecule has 1 N–H and O–H groups in total. The van der Waals surface area contributed by atoms with Crippen LogP contribution in [0.4, 0.5) is 0 Å². The van der Waals surface area contributed by atoms with Gasteiger partial charge in [0.2, 0.25) is 0 Å². The maximum atomic E-state index is 13.1. The minimum atomic E-state index is -0.0405. The zero-order valence-electron chi connectivity index (χ0n) is 15.3. The van der Waals surface area contributed by atoms with E-state index in [9.17, 15) is 9.59 Å². The number of nitrogens with zero attached hydrogens (tertiary/aromatic N) is 1. The van der Waals surface area contributed by atoms with Gasteiger partial charge in [-0.3, -0.25) is 9.59 Å². The molecular weight excluding hydrogens is 364 g/mol. The topological polar surface area (TPSA) is 67.9 Å². The van der Waals surface area contributed by atoms with Crippen LogP contribution in [0.15, 0.2) is 35.7 Å². The number of carbonyl (C=O) groups excluding carboxylic acids is 2. The van der Waals surface area contributed by atoms with Crippen molar-refractivity contribution in [2.45, 2.75) is 24.9 Å². The number of nitrogens with one attached hydrogen (secondary N) is 1. The molecule has 1 saturated carbocycles. The average Bonchev–Trinajstić information content (AvgIpc) is 3.43. The first-order valence-electron chi connectivity index (χ1n) is 8.98. The molecule has 4 rings (SSSR count). The Morgan fingerprint density at radius 2 is 2.00 bits per heavy atom. The highest BCUT2D eigenvalue weighted by molar-refractivity contribution is 7.12. The summed E-state index contributed by atoms with van der Waals surface area (Å²) in [6.07, 6.45) is 1.72. The Kier molecular flexibility index (Phi) is 4.78. The Balaban J connectivity index is 1.45. The van der Waals surface area contributed by atoms with Crippen LogP contribution in [-0.4, -0.2) is 49.6 Å². The normalized spacial score (nSPS) is 23.3. The first-order chi connectivity index (χ1) is 13.1. The molecule has 3 atom stereocenters. The Labute approximate surface area is 162 Å². The number of para-hydroxylation sites is 1. The molecule has 2 fully saturated rings. The largest absolute Gasteiger partial charge is 0.493 e. The van der Waals surface area contributed by atoms with Crippen molar-refractivity contribution in [2.24, 2.45) is 5.92 Å². The maximum Gasteiger partial charge on any atom is 0.261 e. The quantitative estimate of drug-likeness (QED) is 0.858. The molecule has 3 unspecified atom stereocenters. The van der Waals surface area contributed by atoms with Crippen molar-refractivity contribution in [1.82, 2.24) is 10.2 Å². The molecule has 1 aromatic heterocycles. The Morgan fingerprint density at radius 1 is 1.15 bits per heavy atom. The van der Waals surface area contributed by atoms with Crippen LogP contribution in [0.25, 0.3) is 0 Å². The molecule has 1 saturated heterocycles. The molecule has 0 radical (unpaired) electrons. The van der Waals surface area contributed by atoms with E-state index < -0.39 is 0 Å². The number of amides is 2. The van der Waals surface area contributed by atoms with Crippen molar-refractivity contribution in [3.05, 3.63) is 46.2 Å². The number of hydrogen-bond donors (Lipinski definition) is 1. The SMILES string of the molecule is COc1cccc(C(=O)N2CC3CC2CC3NC(=O)c2cccs2)c1OC. The fraction of sp³-hybridized carbons (Fsp3) is 0.400. The van der Waals surface area contributed by atoms with Gasteiger partial charge in [-0.15, -0.1) is 11.3 Å². The summed E-state index contributed by atoms with van der Waals surface area (Å²) in [7, 11) is 3.10. The molecule has 2 amide bonds. The second-order valence-electron chi connectivity index (χ2n) is 6.94. The second-order valence-corrected chi connectivity index (χ2v) is 7.89. The number of methoxy groups -OCH3 is 2. The van der Waals surface area contributed by atoms with Crippen molar-refractivity contribution in [3.63, 3.8) is 0 Å². The van der Waals surface area contributed by atoms with Crippen LogP contribution in [-0.2, 0) is 0 Å². The Hall–Kier alpha value is -2.54. The summed E-state index contributed by atoms with van der Waals surface area (Å²) in [5, 5.41) is 5.04. The zero-order chi connectivity index (χ0) is 19.0. The Bertz CT molecular complexity index is 852. The van der Waals surface area contributed by atoms with Crippen LogP contribution in [0.2, 0.25) is 0 Å². The number of thiophene rings is 1. The number of carbonyl (C=O) groups is 2. The number of likely N-dealkylation sites (tertiary alicyclic amines) is 1. The van der Waals surface area contributed by atoms with Crippen LogP contribution in [0.3, 0.4) is 0 Å². The third kappa shape index (κ3) is 3.16. The van der Waals surface area contributed by atoms with Gasteiger partial charge in [0, 0.05) is 18.6 Å². The van der Waals surface area contributed by atoms with E-state index in [0.717, 1.165) is 17.7 Å². The van der Waals surface area contributed by atoms with E-state index in [1.54, 1.807) is 32.4 Å². The fourth-order valence-electron chi connectivity index (χ4n) is 4.24. The fourth-order valence-corrected chi connectivity index (χ4v) is 4.86. The third-order valence-electron chi connectivity index (χ3n) is 5.50. The van der Waals surface area contributed by atoms with E-state index in [4.69, 9.17) is 9.47 Å². The standard InChI is InChI=1S/C20H22N2O4S/c1-25-16-6-3-5-14(18(16)26-2)20(24)22-11-12-9-13(22)10-15(12)21-19(23)17-7-4-8-27-17/h3-8,12-13,15H,9-11H2,1-2H3,(H,21,23). The summed E-state index contributed by atoms with van der Waals surface area (Å²) in [5.41, 5.74) is 0.517. The summed E-state index contributed by atoms with van der Waals surface area (Å²) in [4.78, 5) is 28.1. The van der Waals surface area contributed by atoms with Crippen molar-refractivity contribution in [3.8, 4) is 11.5 Å². The molecule has 1 aliphatic carbocycles. The van der Waals surface area contributed by atoms with Gasteiger partial charge < -0.3 is 19.7 Å². The molecule has 27 heavy (non-hydrogen) atoms. The van der Waals surface area contributed by atoms with Crippen molar-refractivity contribution in [2.75, 3.05) is 20.8 Å². The minimum absolute atomic E-state index is 0.0186. The van der Waals surface area contributed by atoms with E-state index in [1.807, 2.05) is 22.4 Å². The lowest BCUT2D eigenvalue weighted by molar-refractivity contribution is 0.0676. The van der Waals surface area contributed by atoms with E-state index >= 15 is 0 Å².